The van der Waals surface area contributed by atoms with Crippen molar-refractivity contribution in [1.82, 2.24) is 5.32 Å². The molecular weight excluding hydrogens is 348 g/mol. The Hall–Kier alpha value is -0.870. The van der Waals surface area contributed by atoms with E-state index in [0.29, 0.717) is 5.92 Å². The van der Waals surface area contributed by atoms with Gasteiger partial charge in [-0.15, -0.1) is 0 Å². The van der Waals surface area contributed by atoms with Crippen LogP contribution in [-0.4, -0.2) is 36.1 Å². The second-order valence-electron chi connectivity index (χ2n) is 11.3. The summed E-state index contributed by atoms with van der Waals surface area (Å²) >= 11 is 0. The lowest BCUT2D eigenvalue weighted by molar-refractivity contribution is -0.0672. The largest absolute Gasteiger partial charge is 0.393 e. The van der Waals surface area contributed by atoms with Crippen molar-refractivity contribution in [3.63, 3.8) is 0 Å². The monoisotopic (exact) mass is 386 g/mol. The zero-order valence-corrected chi connectivity index (χ0v) is 18.1. The van der Waals surface area contributed by atoms with Crippen molar-refractivity contribution in [3.8, 4) is 0 Å². The van der Waals surface area contributed by atoms with E-state index in [-0.39, 0.29) is 28.5 Å². The van der Waals surface area contributed by atoms with Crippen molar-refractivity contribution in [3.05, 3.63) is 11.6 Å². The molecule has 156 valence electrons. The Balaban J connectivity index is 1.44. The van der Waals surface area contributed by atoms with Crippen LogP contribution in [0.3, 0.4) is 0 Å². The molecule has 0 unspecified atom stereocenters. The Morgan fingerprint density at radius 3 is 2.57 bits per heavy atom. The fourth-order valence-corrected chi connectivity index (χ4v) is 7.84. The molecule has 4 nitrogen and oxygen atoms in total. The molecule has 6 atom stereocenters. The number of aliphatic hydroxyl groups is 1. The first-order chi connectivity index (χ1) is 13.3. The predicted octanol–water partition coefficient (Wildman–Crippen LogP) is 4.29. The highest BCUT2D eigenvalue weighted by atomic mass is 16.6. The first kappa shape index (κ1) is 19.1. The smallest absolute Gasteiger partial charge is 0.152 e. The van der Waals surface area contributed by atoms with Crippen molar-refractivity contribution in [2.45, 2.75) is 84.8 Å². The Kier molecular flexibility index (Phi) is 4.31. The minimum atomic E-state index is -0.0868. The summed E-state index contributed by atoms with van der Waals surface area (Å²) in [7, 11) is 0. The first-order valence-electron chi connectivity index (χ1n) is 11.6. The van der Waals surface area contributed by atoms with E-state index in [2.05, 4.69) is 44.2 Å². The summed E-state index contributed by atoms with van der Waals surface area (Å²) in [6.07, 6.45) is 10.9. The molecule has 1 aliphatic heterocycles. The summed E-state index contributed by atoms with van der Waals surface area (Å²) in [5.74, 6) is 2.20. The molecule has 0 spiro atoms. The summed E-state index contributed by atoms with van der Waals surface area (Å²) in [6.45, 7) is 11.5. The first-order valence-corrected chi connectivity index (χ1v) is 11.6. The molecule has 0 aromatic carbocycles. The summed E-state index contributed by atoms with van der Waals surface area (Å²) in [5.41, 5.74) is 3.27. The van der Waals surface area contributed by atoms with Gasteiger partial charge in [-0.1, -0.05) is 44.5 Å². The third kappa shape index (κ3) is 2.52. The Labute approximate surface area is 170 Å². The molecule has 0 aromatic heterocycles. The van der Waals surface area contributed by atoms with Crippen molar-refractivity contribution in [2.75, 3.05) is 13.1 Å². The quantitative estimate of drug-likeness (QED) is 0.550. The fourth-order valence-electron chi connectivity index (χ4n) is 7.84. The standard InChI is InChI=1S/C24H38N2O2/c1-22(2)19-7-5-16-17-6-8-21(27)24(17,4)11-9-18(16)23(19,3)12-10-20(22)26-28-15-13-25-14-15/h7,15-18,21,25,27H,5-6,8-14H2,1-4H3/b26-20-/t16-,17-,18-,21-,23+,24-/m0/s1. The third-order valence-electron chi connectivity index (χ3n) is 9.75. The number of nitrogens with zero attached hydrogens (tertiary/aromatic N) is 1. The topological polar surface area (TPSA) is 53.9 Å². The molecule has 1 heterocycles. The van der Waals surface area contributed by atoms with Crippen LogP contribution in [0.25, 0.3) is 0 Å². The summed E-state index contributed by atoms with van der Waals surface area (Å²) in [5, 5.41) is 18.6. The van der Waals surface area contributed by atoms with E-state index in [1.807, 2.05) is 0 Å². The van der Waals surface area contributed by atoms with Gasteiger partial charge in [0.25, 0.3) is 0 Å². The number of nitrogens with one attached hydrogen (secondary N) is 1. The van der Waals surface area contributed by atoms with Crippen molar-refractivity contribution in [2.24, 2.45) is 39.2 Å². The van der Waals surface area contributed by atoms with Gasteiger partial charge in [-0.3, -0.25) is 0 Å². The molecule has 2 N–H and O–H groups in total. The van der Waals surface area contributed by atoms with E-state index in [1.54, 1.807) is 5.57 Å². The van der Waals surface area contributed by atoms with Crippen molar-refractivity contribution in [1.29, 1.82) is 0 Å². The normalized spacial score (nSPS) is 48.9. The molecule has 4 aliphatic carbocycles. The number of hydrogen-bond donors (Lipinski definition) is 2. The maximum absolute atomic E-state index is 10.7. The molecule has 5 rings (SSSR count). The average molecular weight is 387 g/mol. The second-order valence-corrected chi connectivity index (χ2v) is 11.3. The van der Waals surface area contributed by atoms with Gasteiger partial charge in [0.1, 0.15) is 0 Å². The Bertz CT molecular complexity index is 709. The number of rotatable bonds is 2. The summed E-state index contributed by atoms with van der Waals surface area (Å²) in [4.78, 5) is 5.82. The highest BCUT2D eigenvalue weighted by molar-refractivity contribution is 5.93. The maximum atomic E-state index is 10.7. The van der Waals surface area contributed by atoms with Gasteiger partial charge >= 0.3 is 0 Å². The van der Waals surface area contributed by atoms with Crippen LogP contribution in [0.4, 0.5) is 0 Å². The van der Waals surface area contributed by atoms with Gasteiger partial charge in [-0.2, -0.15) is 0 Å². The van der Waals surface area contributed by atoms with E-state index in [9.17, 15) is 5.11 Å². The molecule has 1 saturated heterocycles. The van der Waals surface area contributed by atoms with Crippen molar-refractivity contribution < 1.29 is 9.94 Å². The summed E-state index contributed by atoms with van der Waals surface area (Å²) < 4.78 is 0. The van der Waals surface area contributed by atoms with Gasteiger partial charge < -0.3 is 15.3 Å². The number of allylic oxidation sites excluding steroid dienone is 2. The predicted molar refractivity (Wildman–Crippen MR) is 112 cm³/mol. The van der Waals surface area contributed by atoms with Crippen LogP contribution in [0.5, 0.6) is 0 Å². The average Bonchev–Trinajstić information content (AvgIpc) is 2.90. The lowest BCUT2D eigenvalue weighted by Gasteiger charge is -2.60. The van der Waals surface area contributed by atoms with E-state index in [1.165, 1.54) is 37.8 Å². The molecular formula is C24H38N2O2. The molecule has 5 aliphatic rings. The van der Waals surface area contributed by atoms with Gasteiger partial charge in [-0.25, -0.2) is 0 Å². The minimum absolute atomic E-state index is 0.00884. The zero-order chi connectivity index (χ0) is 19.7. The Morgan fingerprint density at radius 1 is 1.07 bits per heavy atom. The number of hydrogen-bond acceptors (Lipinski definition) is 4. The van der Waals surface area contributed by atoms with Gasteiger partial charge in [0.05, 0.1) is 11.8 Å². The van der Waals surface area contributed by atoms with E-state index < -0.39 is 0 Å². The van der Waals surface area contributed by atoms with E-state index in [4.69, 9.17) is 4.84 Å². The highest BCUT2D eigenvalue weighted by Crippen LogP contribution is 2.66. The minimum Gasteiger partial charge on any atom is -0.393 e. The van der Waals surface area contributed by atoms with Crippen LogP contribution >= 0.6 is 0 Å². The molecule has 4 heteroatoms. The van der Waals surface area contributed by atoms with E-state index >= 15 is 0 Å². The molecule has 0 radical (unpaired) electrons. The molecule has 0 aromatic rings. The number of fused-ring (bicyclic) bond motifs is 5. The molecule has 4 fully saturated rings. The molecule has 0 bridgehead atoms. The highest BCUT2D eigenvalue weighted by Gasteiger charge is 2.60. The van der Waals surface area contributed by atoms with E-state index in [0.717, 1.165) is 37.8 Å². The zero-order valence-electron chi connectivity index (χ0n) is 18.1. The van der Waals surface area contributed by atoms with Crippen LogP contribution in [0.15, 0.2) is 16.8 Å². The SMILES string of the molecule is CC1(C)C2=CC[C@H]3[C@@H]4CC[C@H](O)[C@@]4(C)CC[C@@H]3[C@@]2(C)CC/C1=N/OC1CNC1. The summed E-state index contributed by atoms with van der Waals surface area (Å²) in [6, 6.07) is 0. The Morgan fingerprint density at radius 2 is 1.86 bits per heavy atom. The second kappa shape index (κ2) is 6.31. The lowest BCUT2D eigenvalue weighted by Crippen LogP contribution is -2.54. The van der Waals surface area contributed by atoms with Crippen LogP contribution in [0.1, 0.15) is 72.6 Å². The third-order valence-corrected chi connectivity index (χ3v) is 9.75. The van der Waals surface area contributed by atoms with Gasteiger partial charge in [0.15, 0.2) is 6.10 Å². The van der Waals surface area contributed by atoms with Crippen LogP contribution in [0.2, 0.25) is 0 Å². The molecule has 0 amide bonds. The fraction of sp³-hybridized carbons (Fsp3) is 0.875. The number of oxime groups is 1. The van der Waals surface area contributed by atoms with Gasteiger partial charge in [0.2, 0.25) is 0 Å². The maximum Gasteiger partial charge on any atom is 0.152 e. The van der Waals surface area contributed by atoms with Crippen LogP contribution in [0, 0.1) is 34.0 Å². The van der Waals surface area contributed by atoms with Gasteiger partial charge in [-0.05, 0) is 73.5 Å². The number of aliphatic hydroxyl groups excluding tert-OH is 1. The molecule has 3 saturated carbocycles. The van der Waals surface area contributed by atoms with Crippen molar-refractivity contribution >= 4 is 5.71 Å². The van der Waals surface area contributed by atoms with Gasteiger partial charge in [0, 0.05) is 18.5 Å². The van der Waals surface area contributed by atoms with Crippen LogP contribution < -0.4 is 5.32 Å². The molecule has 28 heavy (non-hydrogen) atoms. The van der Waals surface area contributed by atoms with Crippen LogP contribution in [-0.2, 0) is 4.84 Å². The lowest BCUT2D eigenvalue weighted by atomic mass is 9.45.